The zero-order valence-electron chi connectivity index (χ0n) is 17.3. The number of carbonyl (C=O) groups is 2. The summed E-state index contributed by atoms with van der Waals surface area (Å²) in [5, 5.41) is 2.88. The van der Waals surface area contributed by atoms with Gasteiger partial charge in [0.1, 0.15) is 0 Å². The summed E-state index contributed by atoms with van der Waals surface area (Å²) in [5.41, 5.74) is 5.93. The molecule has 0 aliphatic rings. The average Bonchev–Trinajstić information content (AvgIpc) is 2.59. The molecule has 144 valence electrons. The molecule has 0 aliphatic heterocycles. The molecule has 0 unspecified atom stereocenters. The summed E-state index contributed by atoms with van der Waals surface area (Å²) >= 11 is 1.60. The summed E-state index contributed by atoms with van der Waals surface area (Å²) in [6, 6.07) is 9.33. The Morgan fingerprint density at radius 2 is 1.44 bits per heavy atom. The fraction of sp³-hybridized carbons (Fsp3) is 0.391. The third-order valence-corrected chi connectivity index (χ3v) is 6.10. The van der Waals surface area contributed by atoms with Crippen LogP contribution in [0.3, 0.4) is 0 Å². The zero-order chi connectivity index (χ0) is 20.4. The first kappa shape index (κ1) is 21.2. The molecule has 0 heterocycles. The standard InChI is InChI=1S/C23H29NO2S/c1-14-12-15(2)17(4)21(16(14)3)27-13-20(25)18-8-10-19(11-9-18)24-22(26)23(5,6)7/h8-12H,13H2,1-7H3,(H,24,26). The quantitative estimate of drug-likeness (QED) is 0.518. The third kappa shape index (κ3) is 5.23. The minimum atomic E-state index is -0.452. The molecule has 0 spiro atoms. The number of ketones is 1. The van der Waals surface area contributed by atoms with Crippen molar-refractivity contribution < 1.29 is 9.59 Å². The van der Waals surface area contributed by atoms with Crippen molar-refractivity contribution >= 4 is 29.1 Å². The largest absolute Gasteiger partial charge is 0.326 e. The number of nitrogens with one attached hydrogen (secondary N) is 1. The van der Waals surface area contributed by atoms with E-state index in [1.54, 1.807) is 36.0 Å². The Kier molecular flexibility index (Phi) is 6.53. The smallest absolute Gasteiger partial charge is 0.229 e. The van der Waals surface area contributed by atoms with Crippen LogP contribution in [0.1, 0.15) is 53.4 Å². The molecule has 0 aliphatic carbocycles. The van der Waals surface area contributed by atoms with Crippen LogP contribution in [0, 0.1) is 33.1 Å². The third-order valence-electron chi connectivity index (χ3n) is 4.79. The number of amides is 1. The number of rotatable bonds is 5. The second-order valence-corrected chi connectivity index (χ2v) is 9.07. The molecule has 0 saturated heterocycles. The molecule has 0 radical (unpaired) electrons. The number of aryl methyl sites for hydroxylation is 2. The maximum atomic E-state index is 12.6. The van der Waals surface area contributed by atoms with Crippen LogP contribution in [0.5, 0.6) is 0 Å². The van der Waals surface area contributed by atoms with Crippen LogP contribution in [-0.2, 0) is 4.79 Å². The van der Waals surface area contributed by atoms with Crippen molar-refractivity contribution in [1.29, 1.82) is 0 Å². The van der Waals surface area contributed by atoms with Crippen molar-refractivity contribution in [2.75, 3.05) is 11.1 Å². The Morgan fingerprint density at radius 1 is 0.926 bits per heavy atom. The van der Waals surface area contributed by atoms with Gasteiger partial charge >= 0.3 is 0 Å². The van der Waals surface area contributed by atoms with Gasteiger partial charge in [0.2, 0.25) is 5.91 Å². The predicted molar refractivity (Wildman–Crippen MR) is 115 cm³/mol. The first-order chi connectivity index (χ1) is 12.5. The summed E-state index contributed by atoms with van der Waals surface area (Å²) < 4.78 is 0. The van der Waals surface area contributed by atoms with E-state index in [2.05, 4.69) is 39.1 Å². The van der Waals surface area contributed by atoms with Crippen LogP contribution in [0.4, 0.5) is 5.69 Å². The molecule has 2 rings (SSSR count). The molecule has 4 heteroatoms. The molecule has 1 amide bonds. The Hall–Kier alpha value is -2.07. The summed E-state index contributed by atoms with van der Waals surface area (Å²) in [6.07, 6.45) is 0. The molecule has 0 aromatic heterocycles. The van der Waals surface area contributed by atoms with E-state index in [0.29, 0.717) is 17.0 Å². The molecule has 3 nitrogen and oxygen atoms in total. The summed E-state index contributed by atoms with van der Waals surface area (Å²) in [4.78, 5) is 25.8. The SMILES string of the molecule is Cc1cc(C)c(C)c(SCC(=O)c2ccc(NC(=O)C(C)(C)C)cc2)c1C. The highest BCUT2D eigenvalue weighted by Gasteiger charge is 2.21. The van der Waals surface area contributed by atoms with Crippen molar-refractivity contribution in [3.63, 3.8) is 0 Å². The van der Waals surface area contributed by atoms with E-state index >= 15 is 0 Å². The van der Waals surface area contributed by atoms with Gasteiger partial charge in [-0.3, -0.25) is 9.59 Å². The van der Waals surface area contributed by atoms with Gasteiger partial charge in [-0.25, -0.2) is 0 Å². The number of anilines is 1. The van der Waals surface area contributed by atoms with Gasteiger partial charge in [-0.15, -0.1) is 11.8 Å². The molecule has 0 atom stereocenters. The molecular weight excluding hydrogens is 354 g/mol. The number of Topliss-reactive ketones (excluding diaryl/α,β-unsaturated/α-hetero) is 1. The highest BCUT2D eigenvalue weighted by Crippen LogP contribution is 2.31. The number of carbonyl (C=O) groups excluding carboxylic acids is 2. The van der Waals surface area contributed by atoms with Gasteiger partial charge < -0.3 is 5.32 Å². The molecule has 0 saturated carbocycles. The van der Waals surface area contributed by atoms with Gasteiger partial charge in [-0.2, -0.15) is 0 Å². The van der Waals surface area contributed by atoms with Crippen LogP contribution in [-0.4, -0.2) is 17.4 Å². The Bertz CT molecular complexity index is 835. The fourth-order valence-electron chi connectivity index (χ4n) is 2.68. The minimum absolute atomic E-state index is 0.0436. The number of hydrogen-bond acceptors (Lipinski definition) is 3. The topological polar surface area (TPSA) is 46.2 Å². The fourth-order valence-corrected chi connectivity index (χ4v) is 3.87. The summed E-state index contributed by atoms with van der Waals surface area (Å²) in [6.45, 7) is 14.1. The van der Waals surface area contributed by atoms with Gasteiger partial charge in [0.05, 0.1) is 5.75 Å². The summed E-state index contributed by atoms with van der Waals surface area (Å²) in [5.74, 6) is 0.447. The number of hydrogen-bond donors (Lipinski definition) is 1. The van der Waals surface area contributed by atoms with Crippen molar-refractivity contribution in [3.05, 3.63) is 58.1 Å². The average molecular weight is 384 g/mol. The monoisotopic (exact) mass is 383 g/mol. The van der Waals surface area contributed by atoms with Crippen LogP contribution in [0.15, 0.2) is 35.2 Å². The van der Waals surface area contributed by atoms with E-state index in [-0.39, 0.29) is 11.7 Å². The summed E-state index contributed by atoms with van der Waals surface area (Å²) in [7, 11) is 0. The molecule has 27 heavy (non-hydrogen) atoms. The molecule has 1 N–H and O–H groups in total. The van der Waals surface area contributed by atoms with E-state index in [4.69, 9.17) is 0 Å². The van der Waals surface area contributed by atoms with Gasteiger partial charge in [0, 0.05) is 21.6 Å². The predicted octanol–water partition coefficient (Wildman–Crippen LogP) is 5.88. The zero-order valence-corrected chi connectivity index (χ0v) is 18.1. The van der Waals surface area contributed by atoms with Gasteiger partial charge in [-0.05, 0) is 74.2 Å². The molecule has 0 bridgehead atoms. The van der Waals surface area contributed by atoms with E-state index in [1.807, 2.05) is 20.8 Å². The molecule has 2 aromatic rings. The second-order valence-electron chi connectivity index (χ2n) is 8.08. The van der Waals surface area contributed by atoms with Gasteiger partial charge in [-0.1, -0.05) is 26.8 Å². The highest BCUT2D eigenvalue weighted by atomic mass is 32.2. The van der Waals surface area contributed by atoms with Crippen molar-refractivity contribution in [3.8, 4) is 0 Å². The lowest BCUT2D eigenvalue weighted by molar-refractivity contribution is -0.123. The lowest BCUT2D eigenvalue weighted by Gasteiger charge is -2.17. The first-order valence-corrected chi connectivity index (χ1v) is 10.1. The Balaban J connectivity index is 2.06. The molecule has 2 aromatic carbocycles. The maximum Gasteiger partial charge on any atom is 0.229 e. The normalized spacial score (nSPS) is 11.4. The first-order valence-electron chi connectivity index (χ1n) is 9.15. The van der Waals surface area contributed by atoms with Gasteiger partial charge in [0.15, 0.2) is 5.78 Å². The van der Waals surface area contributed by atoms with Crippen molar-refractivity contribution in [2.24, 2.45) is 5.41 Å². The van der Waals surface area contributed by atoms with Crippen LogP contribution in [0.25, 0.3) is 0 Å². The van der Waals surface area contributed by atoms with Crippen LogP contribution in [0.2, 0.25) is 0 Å². The van der Waals surface area contributed by atoms with E-state index in [0.717, 1.165) is 0 Å². The van der Waals surface area contributed by atoms with Crippen LogP contribution < -0.4 is 5.32 Å². The highest BCUT2D eigenvalue weighted by molar-refractivity contribution is 8.00. The maximum absolute atomic E-state index is 12.6. The number of thioether (sulfide) groups is 1. The van der Waals surface area contributed by atoms with E-state index < -0.39 is 5.41 Å². The lowest BCUT2D eigenvalue weighted by atomic mass is 9.95. The van der Waals surface area contributed by atoms with Gasteiger partial charge in [0.25, 0.3) is 0 Å². The lowest BCUT2D eigenvalue weighted by Crippen LogP contribution is -2.27. The second kappa shape index (κ2) is 8.30. The Labute approximate surface area is 166 Å². The van der Waals surface area contributed by atoms with Crippen molar-refractivity contribution in [2.45, 2.75) is 53.4 Å². The van der Waals surface area contributed by atoms with Crippen LogP contribution >= 0.6 is 11.8 Å². The Morgan fingerprint density at radius 3 is 1.93 bits per heavy atom. The van der Waals surface area contributed by atoms with E-state index in [9.17, 15) is 9.59 Å². The van der Waals surface area contributed by atoms with Crippen molar-refractivity contribution in [1.82, 2.24) is 0 Å². The van der Waals surface area contributed by atoms with E-state index in [1.165, 1.54) is 27.1 Å². The minimum Gasteiger partial charge on any atom is -0.326 e. The molecular formula is C23H29NO2S. The molecule has 0 fully saturated rings. The number of benzene rings is 2.